The number of nitrogens with two attached hydrogens (primary N) is 1. The molecule has 0 spiro atoms. The number of anilines is 3. The predicted molar refractivity (Wildman–Crippen MR) is 157 cm³/mol. The van der Waals surface area contributed by atoms with Crippen LogP contribution in [0, 0.1) is 17.6 Å². The molecule has 4 heterocycles. The van der Waals surface area contributed by atoms with Gasteiger partial charge in [0.05, 0.1) is 59.3 Å². The third kappa shape index (κ3) is 6.04. The topological polar surface area (TPSA) is 152 Å². The molecule has 0 aliphatic carbocycles. The number of methoxy groups -OCH3 is 1. The van der Waals surface area contributed by atoms with Gasteiger partial charge >= 0.3 is 6.09 Å². The number of piperidine rings is 1. The number of pyridine rings is 1. The van der Waals surface area contributed by atoms with Crippen molar-refractivity contribution in [1.29, 1.82) is 0 Å². The Morgan fingerprint density at radius 2 is 1.91 bits per heavy atom. The summed E-state index contributed by atoms with van der Waals surface area (Å²) >= 11 is 0. The zero-order valence-electron chi connectivity index (χ0n) is 24.1. The summed E-state index contributed by atoms with van der Waals surface area (Å²) in [5.41, 5.74) is 7.68. The molecule has 0 bridgehead atoms. The number of ether oxygens (including phenoxy) is 1. The molecule has 5 N–H and O–H groups in total. The lowest BCUT2D eigenvalue weighted by Crippen LogP contribution is -2.62. The molecule has 0 saturated carbocycles. The van der Waals surface area contributed by atoms with Crippen molar-refractivity contribution in [3.05, 3.63) is 66.1 Å². The van der Waals surface area contributed by atoms with Crippen LogP contribution in [-0.2, 0) is 4.74 Å². The van der Waals surface area contributed by atoms with E-state index in [1.54, 1.807) is 38.5 Å². The van der Waals surface area contributed by atoms with E-state index in [1.807, 2.05) is 13.0 Å². The Kier molecular flexibility index (Phi) is 8.39. The molecule has 3 atom stereocenters. The van der Waals surface area contributed by atoms with Crippen LogP contribution in [0.3, 0.4) is 0 Å². The number of hydrogen-bond donors (Lipinski definition) is 4. The summed E-state index contributed by atoms with van der Waals surface area (Å²) in [6, 6.07) is 6.22. The van der Waals surface area contributed by atoms with Crippen LogP contribution in [0.4, 0.5) is 30.9 Å². The molecule has 226 valence electrons. The fourth-order valence-corrected chi connectivity index (χ4v) is 5.25. The van der Waals surface area contributed by atoms with Crippen LogP contribution in [0.5, 0.6) is 0 Å². The van der Waals surface area contributed by atoms with E-state index in [-0.39, 0.29) is 41.2 Å². The number of nitrogens with one attached hydrogen (secondary N) is 3. The lowest BCUT2D eigenvalue weighted by molar-refractivity contribution is 0.0939. The Bertz CT molecular complexity index is 1650. The minimum atomic E-state index is -1.01. The molecular weight excluding hydrogens is 560 g/mol. The monoisotopic (exact) mass is 593 g/mol. The van der Waals surface area contributed by atoms with E-state index in [1.165, 1.54) is 17.7 Å². The van der Waals surface area contributed by atoms with E-state index in [4.69, 9.17) is 10.5 Å². The molecule has 1 aromatic carbocycles. The molecule has 1 aliphatic rings. The summed E-state index contributed by atoms with van der Waals surface area (Å²) in [6.07, 6.45) is 4.32. The van der Waals surface area contributed by atoms with Crippen LogP contribution in [0.2, 0.25) is 0 Å². The number of carbonyl (C=O) groups excluding carboxylic acids is 2. The van der Waals surface area contributed by atoms with Crippen molar-refractivity contribution >= 4 is 34.8 Å². The van der Waals surface area contributed by atoms with E-state index in [0.717, 1.165) is 17.8 Å². The quantitative estimate of drug-likeness (QED) is 0.252. The van der Waals surface area contributed by atoms with Crippen LogP contribution in [0.1, 0.15) is 31.1 Å². The Balaban J connectivity index is 1.45. The maximum atomic E-state index is 15.5. The number of nitrogens with zero attached hydrogens (tertiary/aromatic N) is 5. The number of alkyl carbamates (subject to hydrolysis) is 1. The number of carbonyl (C=O) groups is 2. The first-order chi connectivity index (χ1) is 20.6. The molecule has 3 aromatic heterocycles. The lowest BCUT2D eigenvalue weighted by atomic mass is 9.90. The van der Waals surface area contributed by atoms with E-state index in [0.29, 0.717) is 24.3 Å². The SMILES string of the molecule is COC(=O)NC1C(C)CN(c2ccncc2Nc2ncc3ccc(-c4c(F)ccc(C(=O)NC(C)C)c4F)nn23)CC1N. The number of fused-ring (bicyclic) bond motifs is 1. The van der Waals surface area contributed by atoms with Gasteiger partial charge in [-0.15, -0.1) is 0 Å². The van der Waals surface area contributed by atoms with Crippen molar-refractivity contribution in [2.45, 2.75) is 38.9 Å². The van der Waals surface area contributed by atoms with Gasteiger partial charge in [-0.25, -0.2) is 18.6 Å². The third-order valence-corrected chi connectivity index (χ3v) is 7.26. The van der Waals surface area contributed by atoms with Gasteiger partial charge in [0, 0.05) is 31.4 Å². The van der Waals surface area contributed by atoms with Gasteiger partial charge in [0.15, 0.2) is 0 Å². The second-order valence-corrected chi connectivity index (χ2v) is 10.8. The van der Waals surface area contributed by atoms with Gasteiger partial charge in [-0.05, 0) is 50.1 Å². The fourth-order valence-electron chi connectivity index (χ4n) is 5.25. The van der Waals surface area contributed by atoms with Crippen LogP contribution >= 0.6 is 0 Å². The maximum absolute atomic E-state index is 15.5. The number of aromatic nitrogens is 4. The average Bonchev–Trinajstić information content (AvgIpc) is 3.36. The van der Waals surface area contributed by atoms with Crippen LogP contribution in [-0.4, -0.2) is 69.9 Å². The Morgan fingerprint density at radius 3 is 2.63 bits per heavy atom. The van der Waals surface area contributed by atoms with Crippen molar-refractivity contribution in [3.63, 3.8) is 0 Å². The summed E-state index contributed by atoms with van der Waals surface area (Å²) < 4.78 is 36.6. The number of benzene rings is 1. The van der Waals surface area contributed by atoms with Crippen LogP contribution in [0.15, 0.2) is 48.9 Å². The van der Waals surface area contributed by atoms with Gasteiger partial charge in [-0.2, -0.15) is 9.61 Å². The number of imidazole rings is 1. The molecule has 1 aliphatic heterocycles. The first-order valence-corrected chi connectivity index (χ1v) is 13.8. The van der Waals surface area contributed by atoms with Gasteiger partial charge in [-0.1, -0.05) is 6.92 Å². The summed E-state index contributed by atoms with van der Waals surface area (Å²) in [6.45, 7) is 6.52. The molecule has 43 heavy (non-hydrogen) atoms. The molecule has 1 saturated heterocycles. The largest absolute Gasteiger partial charge is 0.453 e. The molecule has 3 unspecified atom stereocenters. The highest BCUT2D eigenvalue weighted by Gasteiger charge is 2.34. The highest BCUT2D eigenvalue weighted by atomic mass is 19.1. The van der Waals surface area contributed by atoms with Crippen molar-refractivity contribution in [1.82, 2.24) is 30.2 Å². The van der Waals surface area contributed by atoms with Crippen molar-refractivity contribution in [3.8, 4) is 11.3 Å². The zero-order chi connectivity index (χ0) is 30.8. The second-order valence-electron chi connectivity index (χ2n) is 10.8. The average molecular weight is 594 g/mol. The molecule has 12 nitrogen and oxygen atoms in total. The zero-order valence-corrected chi connectivity index (χ0v) is 24.1. The fraction of sp³-hybridized carbons (Fsp3) is 0.345. The summed E-state index contributed by atoms with van der Waals surface area (Å²) in [5, 5.41) is 13.1. The van der Waals surface area contributed by atoms with Crippen molar-refractivity contribution in [2.24, 2.45) is 11.7 Å². The minimum Gasteiger partial charge on any atom is -0.453 e. The van der Waals surface area contributed by atoms with Crippen LogP contribution in [0.25, 0.3) is 16.8 Å². The Morgan fingerprint density at radius 1 is 1.12 bits per heavy atom. The summed E-state index contributed by atoms with van der Waals surface area (Å²) in [7, 11) is 1.31. The first kappa shape index (κ1) is 29.6. The molecule has 2 amide bonds. The van der Waals surface area contributed by atoms with Crippen molar-refractivity contribution < 1.29 is 23.1 Å². The molecule has 14 heteroatoms. The van der Waals surface area contributed by atoms with Gasteiger partial charge in [0.1, 0.15) is 11.6 Å². The summed E-state index contributed by atoms with van der Waals surface area (Å²) in [4.78, 5) is 35.1. The van der Waals surface area contributed by atoms with E-state index in [2.05, 4.69) is 35.9 Å². The molecular formula is C29H33F2N9O3. The number of rotatable bonds is 7. The standard InChI is InChI=1S/C29H33F2N9O3/c1-15(2)35-27(41)18-6-7-19(30)24(25(18)31)21-8-5-17-11-34-28(40(17)38-21)36-22-12-33-10-9-23(22)39-13-16(3)26(20(32)14-39)37-29(42)43-4/h5-12,15-16,20,26H,13-14,32H2,1-4H3,(H,34,36)(H,35,41)(H,37,42). The molecule has 0 radical (unpaired) electrons. The Hall–Kier alpha value is -4.85. The van der Waals surface area contributed by atoms with E-state index in [9.17, 15) is 14.0 Å². The minimum absolute atomic E-state index is 0.00326. The van der Waals surface area contributed by atoms with Gasteiger partial charge in [0.2, 0.25) is 5.95 Å². The number of amides is 2. The Labute approximate surface area is 246 Å². The molecule has 1 fully saturated rings. The lowest BCUT2D eigenvalue weighted by Gasteiger charge is -2.42. The number of halogens is 2. The van der Waals surface area contributed by atoms with Crippen molar-refractivity contribution in [2.75, 3.05) is 30.4 Å². The third-order valence-electron chi connectivity index (χ3n) is 7.26. The predicted octanol–water partition coefficient (Wildman–Crippen LogP) is 3.46. The molecule has 4 aromatic rings. The highest BCUT2D eigenvalue weighted by molar-refractivity contribution is 5.96. The van der Waals surface area contributed by atoms with Gasteiger partial charge in [0.25, 0.3) is 5.91 Å². The van der Waals surface area contributed by atoms with Gasteiger partial charge in [-0.3, -0.25) is 9.78 Å². The highest BCUT2D eigenvalue weighted by Crippen LogP contribution is 2.32. The van der Waals surface area contributed by atoms with Gasteiger partial charge < -0.3 is 31.3 Å². The number of hydrogen-bond acceptors (Lipinski definition) is 9. The van der Waals surface area contributed by atoms with E-state index < -0.39 is 29.2 Å². The van der Waals surface area contributed by atoms with E-state index >= 15 is 4.39 Å². The second kappa shape index (κ2) is 12.2. The smallest absolute Gasteiger partial charge is 0.407 e. The van der Waals surface area contributed by atoms with Crippen LogP contribution < -0.4 is 26.6 Å². The summed E-state index contributed by atoms with van der Waals surface area (Å²) in [5.74, 6) is -2.23. The first-order valence-electron chi connectivity index (χ1n) is 13.8. The molecule has 5 rings (SSSR count). The maximum Gasteiger partial charge on any atom is 0.407 e. The normalized spacial score (nSPS) is 18.5.